The molecule has 1 fully saturated rings. The van der Waals surface area contributed by atoms with E-state index in [9.17, 15) is 0 Å². The summed E-state index contributed by atoms with van der Waals surface area (Å²) in [6, 6.07) is 0. The highest BCUT2D eigenvalue weighted by Crippen LogP contribution is 2.19. The quantitative estimate of drug-likeness (QED) is 0.620. The second-order valence-electron chi connectivity index (χ2n) is 5.51. The second-order valence-corrected chi connectivity index (χ2v) is 5.51. The minimum Gasteiger partial charge on any atom is -0.373 e. The molecule has 0 saturated carbocycles. The van der Waals surface area contributed by atoms with Crippen molar-refractivity contribution < 1.29 is 4.74 Å². The monoisotopic (exact) mass is 185 g/mol. The minimum absolute atomic E-state index is 0.395. The van der Waals surface area contributed by atoms with E-state index in [1.165, 1.54) is 6.54 Å². The standard InChI is InChI=1S/C11H23NO/c1-9-6-12(7-10(2)13-9)8-11(3,4)5/h9-10H,6-8H2,1-5H3/t9-,10?/m0/s1. The van der Waals surface area contributed by atoms with Crippen LogP contribution in [0.5, 0.6) is 0 Å². The molecule has 2 nitrogen and oxygen atoms in total. The molecule has 78 valence electrons. The molecule has 2 heteroatoms. The van der Waals surface area contributed by atoms with Crippen molar-refractivity contribution in [1.29, 1.82) is 0 Å². The van der Waals surface area contributed by atoms with Crippen molar-refractivity contribution >= 4 is 0 Å². The van der Waals surface area contributed by atoms with Gasteiger partial charge in [-0.05, 0) is 19.3 Å². The molecular weight excluding hydrogens is 162 g/mol. The lowest BCUT2D eigenvalue weighted by Gasteiger charge is -2.38. The van der Waals surface area contributed by atoms with Crippen molar-refractivity contribution in [3.05, 3.63) is 0 Å². The van der Waals surface area contributed by atoms with Crippen LogP contribution in [0.4, 0.5) is 0 Å². The van der Waals surface area contributed by atoms with Crippen LogP contribution in [0.3, 0.4) is 0 Å². The Morgan fingerprint density at radius 1 is 1.15 bits per heavy atom. The second kappa shape index (κ2) is 3.97. The average molecular weight is 185 g/mol. The van der Waals surface area contributed by atoms with E-state index in [-0.39, 0.29) is 0 Å². The van der Waals surface area contributed by atoms with Crippen LogP contribution in [0, 0.1) is 5.41 Å². The largest absolute Gasteiger partial charge is 0.373 e. The number of ether oxygens (including phenoxy) is 1. The van der Waals surface area contributed by atoms with Gasteiger partial charge in [-0.1, -0.05) is 20.8 Å². The number of morpholine rings is 1. The Hall–Kier alpha value is -0.0800. The number of hydrogen-bond donors (Lipinski definition) is 0. The van der Waals surface area contributed by atoms with Gasteiger partial charge in [0, 0.05) is 19.6 Å². The lowest BCUT2D eigenvalue weighted by molar-refractivity contribution is -0.0746. The van der Waals surface area contributed by atoms with Crippen molar-refractivity contribution in [2.24, 2.45) is 5.41 Å². The van der Waals surface area contributed by atoms with Crippen LogP contribution < -0.4 is 0 Å². The van der Waals surface area contributed by atoms with Gasteiger partial charge < -0.3 is 4.74 Å². The highest BCUT2D eigenvalue weighted by atomic mass is 16.5. The van der Waals surface area contributed by atoms with E-state index in [0.717, 1.165) is 13.1 Å². The molecule has 1 aliphatic rings. The Balaban J connectivity index is 2.42. The molecule has 1 aliphatic heterocycles. The predicted octanol–water partition coefficient (Wildman–Crippen LogP) is 2.14. The van der Waals surface area contributed by atoms with Gasteiger partial charge in [0.15, 0.2) is 0 Å². The van der Waals surface area contributed by atoms with Crippen molar-refractivity contribution in [2.45, 2.75) is 46.8 Å². The Labute approximate surface area is 82.3 Å². The molecule has 0 radical (unpaired) electrons. The van der Waals surface area contributed by atoms with Crippen molar-refractivity contribution in [3.63, 3.8) is 0 Å². The molecule has 0 amide bonds. The summed E-state index contributed by atoms with van der Waals surface area (Å²) < 4.78 is 5.69. The summed E-state index contributed by atoms with van der Waals surface area (Å²) in [7, 11) is 0. The maximum Gasteiger partial charge on any atom is 0.0678 e. The lowest BCUT2D eigenvalue weighted by atomic mass is 9.95. The summed E-state index contributed by atoms with van der Waals surface area (Å²) >= 11 is 0. The lowest BCUT2D eigenvalue weighted by Crippen LogP contribution is -2.48. The fourth-order valence-electron chi connectivity index (χ4n) is 2.08. The van der Waals surface area contributed by atoms with Gasteiger partial charge in [-0.25, -0.2) is 0 Å². The van der Waals surface area contributed by atoms with E-state index in [0.29, 0.717) is 17.6 Å². The van der Waals surface area contributed by atoms with Crippen molar-refractivity contribution in [1.82, 2.24) is 4.90 Å². The minimum atomic E-state index is 0.395. The predicted molar refractivity (Wildman–Crippen MR) is 55.9 cm³/mol. The maximum atomic E-state index is 5.69. The average Bonchev–Trinajstić information content (AvgIpc) is 1.78. The normalized spacial score (nSPS) is 32.1. The molecule has 13 heavy (non-hydrogen) atoms. The SMILES string of the molecule is CC1CN(CC(C)(C)C)C[C@H](C)O1. The Kier molecular flexibility index (Phi) is 3.36. The van der Waals surface area contributed by atoms with Crippen LogP contribution >= 0.6 is 0 Å². The van der Waals surface area contributed by atoms with Gasteiger partial charge in [0.2, 0.25) is 0 Å². The van der Waals surface area contributed by atoms with Gasteiger partial charge in [-0.15, -0.1) is 0 Å². The first-order chi connectivity index (χ1) is 5.87. The van der Waals surface area contributed by atoms with Crippen LogP contribution in [0.15, 0.2) is 0 Å². The molecule has 0 aromatic carbocycles. The third-order valence-corrected chi connectivity index (χ3v) is 2.19. The maximum absolute atomic E-state index is 5.69. The fraction of sp³-hybridized carbons (Fsp3) is 1.00. The van der Waals surface area contributed by atoms with Crippen LogP contribution in [-0.2, 0) is 4.74 Å². The molecule has 0 aromatic heterocycles. The van der Waals surface area contributed by atoms with Crippen LogP contribution in [-0.4, -0.2) is 36.7 Å². The highest BCUT2D eigenvalue weighted by molar-refractivity contribution is 4.77. The van der Waals surface area contributed by atoms with Crippen LogP contribution in [0.25, 0.3) is 0 Å². The summed E-state index contributed by atoms with van der Waals surface area (Å²) in [5.74, 6) is 0. The number of hydrogen-bond acceptors (Lipinski definition) is 2. The molecule has 0 bridgehead atoms. The van der Waals surface area contributed by atoms with Crippen molar-refractivity contribution in [3.8, 4) is 0 Å². The first kappa shape index (κ1) is 11.0. The van der Waals surface area contributed by atoms with E-state index < -0.39 is 0 Å². The van der Waals surface area contributed by atoms with E-state index >= 15 is 0 Å². The van der Waals surface area contributed by atoms with Crippen LogP contribution in [0.1, 0.15) is 34.6 Å². The third kappa shape index (κ3) is 4.10. The van der Waals surface area contributed by atoms with Gasteiger partial charge in [-0.3, -0.25) is 4.90 Å². The number of nitrogens with zero attached hydrogens (tertiary/aromatic N) is 1. The molecular formula is C11H23NO. The smallest absolute Gasteiger partial charge is 0.0678 e. The summed E-state index contributed by atoms with van der Waals surface area (Å²) in [4.78, 5) is 2.51. The van der Waals surface area contributed by atoms with E-state index in [4.69, 9.17) is 4.74 Å². The topological polar surface area (TPSA) is 12.5 Å². The van der Waals surface area contributed by atoms with Crippen LogP contribution in [0.2, 0.25) is 0 Å². The molecule has 1 unspecified atom stereocenters. The van der Waals surface area contributed by atoms with Crippen molar-refractivity contribution in [2.75, 3.05) is 19.6 Å². The number of rotatable bonds is 1. The van der Waals surface area contributed by atoms with Gasteiger partial charge in [0.25, 0.3) is 0 Å². The molecule has 1 heterocycles. The first-order valence-electron chi connectivity index (χ1n) is 5.24. The summed E-state index contributed by atoms with van der Waals surface area (Å²) in [6.45, 7) is 14.5. The Bertz CT molecular complexity index is 152. The first-order valence-corrected chi connectivity index (χ1v) is 5.24. The third-order valence-electron chi connectivity index (χ3n) is 2.19. The molecule has 1 rings (SSSR count). The molecule has 0 aliphatic carbocycles. The van der Waals surface area contributed by atoms with E-state index in [1.54, 1.807) is 0 Å². The van der Waals surface area contributed by atoms with E-state index in [1.807, 2.05) is 0 Å². The van der Waals surface area contributed by atoms with Gasteiger partial charge in [-0.2, -0.15) is 0 Å². The summed E-state index contributed by atoms with van der Waals surface area (Å²) in [6.07, 6.45) is 0.789. The van der Waals surface area contributed by atoms with Gasteiger partial charge in [0.05, 0.1) is 12.2 Å². The summed E-state index contributed by atoms with van der Waals surface area (Å²) in [5, 5.41) is 0. The highest BCUT2D eigenvalue weighted by Gasteiger charge is 2.25. The molecule has 1 saturated heterocycles. The van der Waals surface area contributed by atoms with Gasteiger partial charge in [0.1, 0.15) is 0 Å². The van der Waals surface area contributed by atoms with Gasteiger partial charge >= 0.3 is 0 Å². The zero-order valence-corrected chi connectivity index (χ0v) is 9.63. The molecule has 2 atom stereocenters. The summed E-state index contributed by atoms with van der Waals surface area (Å²) in [5.41, 5.74) is 0.400. The zero-order chi connectivity index (χ0) is 10.1. The zero-order valence-electron chi connectivity index (χ0n) is 9.63. The molecule has 0 N–H and O–H groups in total. The fourth-order valence-corrected chi connectivity index (χ4v) is 2.08. The van der Waals surface area contributed by atoms with E-state index in [2.05, 4.69) is 39.5 Å². The molecule has 0 aromatic rings. The molecule has 0 spiro atoms. The Morgan fingerprint density at radius 3 is 2.00 bits per heavy atom. The Morgan fingerprint density at radius 2 is 1.62 bits per heavy atom.